The molecule has 0 radical (unpaired) electrons. The fourth-order valence-electron chi connectivity index (χ4n) is 4.71. The first-order valence-corrected chi connectivity index (χ1v) is 10.4. The van der Waals surface area contributed by atoms with E-state index in [0.717, 1.165) is 39.0 Å². The number of alkyl halides is 1. The Kier molecular flexibility index (Phi) is 5.53. The largest absolute Gasteiger partial charge is 0.376 e. The van der Waals surface area contributed by atoms with Crippen LogP contribution in [0, 0.1) is 5.92 Å². The number of ether oxygens (including phenoxy) is 2. The molecule has 2 fully saturated rings. The highest BCUT2D eigenvalue weighted by atomic mass is 35.5. The van der Waals surface area contributed by atoms with Gasteiger partial charge in [-0.2, -0.15) is 0 Å². The maximum atomic E-state index is 12.5. The van der Waals surface area contributed by atoms with Crippen LogP contribution in [0.15, 0.2) is 18.2 Å². The molecule has 2 aliphatic heterocycles. The van der Waals surface area contributed by atoms with Gasteiger partial charge >= 0.3 is 0 Å². The van der Waals surface area contributed by atoms with Gasteiger partial charge in [0.2, 0.25) is 5.91 Å². The molecule has 0 N–H and O–H groups in total. The van der Waals surface area contributed by atoms with Crippen molar-refractivity contribution in [1.82, 2.24) is 4.90 Å². The van der Waals surface area contributed by atoms with Gasteiger partial charge in [0.1, 0.15) is 5.88 Å². The molecule has 1 aromatic carbocycles. The van der Waals surface area contributed by atoms with Gasteiger partial charge in [-0.1, -0.05) is 18.2 Å². The molecule has 1 aliphatic carbocycles. The predicted molar refractivity (Wildman–Crippen MR) is 101 cm³/mol. The first-order chi connectivity index (χ1) is 12.7. The van der Waals surface area contributed by atoms with Crippen LogP contribution in [0.25, 0.3) is 0 Å². The van der Waals surface area contributed by atoms with Crippen molar-refractivity contribution in [2.24, 2.45) is 5.92 Å². The normalized spacial score (nSPS) is 24.0. The van der Waals surface area contributed by atoms with Gasteiger partial charge in [-0.05, 0) is 61.1 Å². The maximum Gasteiger partial charge on any atom is 0.237 e. The standard InChI is InChI=1S/C21H28ClNO3/c22-12-20(24)23(13-16-5-10-26-21(11-16)7-2-8-21)14-17-3-1-4-18-15-25-9-6-19(17)18/h1,3-4,16H,2,5-15H2. The summed E-state index contributed by atoms with van der Waals surface area (Å²) in [4.78, 5) is 14.5. The smallest absolute Gasteiger partial charge is 0.237 e. The first kappa shape index (κ1) is 18.3. The van der Waals surface area contributed by atoms with Gasteiger partial charge in [0.15, 0.2) is 0 Å². The number of nitrogens with zero attached hydrogens (tertiary/aromatic N) is 1. The summed E-state index contributed by atoms with van der Waals surface area (Å²) in [6.45, 7) is 3.70. The average molecular weight is 378 g/mol. The van der Waals surface area contributed by atoms with Crippen molar-refractivity contribution in [3.63, 3.8) is 0 Å². The fraction of sp³-hybridized carbons (Fsp3) is 0.667. The summed E-state index contributed by atoms with van der Waals surface area (Å²) in [6, 6.07) is 6.35. The molecule has 3 aliphatic rings. The zero-order chi connectivity index (χ0) is 18.0. The van der Waals surface area contributed by atoms with E-state index in [0.29, 0.717) is 19.1 Å². The molecule has 5 heteroatoms. The number of halogens is 1. The van der Waals surface area contributed by atoms with E-state index in [1.807, 2.05) is 4.90 Å². The summed E-state index contributed by atoms with van der Waals surface area (Å²) in [5.74, 6) is 0.594. The highest BCUT2D eigenvalue weighted by Crippen LogP contribution is 2.44. The predicted octanol–water partition coefficient (Wildman–Crippen LogP) is 3.68. The lowest BCUT2D eigenvalue weighted by Crippen LogP contribution is -2.48. The van der Waals surface area contributed by atoms with Gasteiger partial charge in [0, 0.05) is 19.7 Å². The molecule has 142 valence electrons. The van der Waals surface area contributed by atoms with E-state index in [2.05, 4.69) is 18.2 Å². The average Bonchev–Trinajstić information content (AvgIpc) is 2.66. The van der Waals surface area contributed by atoms with Gasteiger partial charge in [0.25, 0.3) is 0 Å². The van der Waals surface area contributed by atoms with E-state index >= 15 is 0 Å². The summed E-state index contributed by atoms with van der Waals surface area (Å²) in [5.41, 5.74) is 3.97. The molecule has 1 amide bonds. The van der Waals surface area contributed by atoms with Gasteiger partial charge in [-0.15, -0.1) is 11.6 Å². The molecule has 1 aromatic rings. The molecule has 1 spiro atoms. The van der Waals surface area contributed by atoms with Crippen LogP contribution in [0.1, 0.15) is 48.8 Å². The number of rotatable bonds is 5. The van der Waals surface area contributed by atoms with Crippen molar-refractivity contribution in [2.45, 2.75) is 57.3 Å². The van der Waals surface area contributed by atoms with E-state index in [1.54, 1.807) is 0 Å². The second-order valence-corrected chi connectivity index (χ2v) is 8.28. The molecule has 0 bridgehead atoms. The lowest BCUT2D eigenvalue weighted by Gasteiger charge is -2.48. The number of amides is 1. The van der Waals surface area contributed by atoms with Crippen molar-refractivity contribution in [2.75, 3.05) is 25.6 Å². The minimum absolute atomic E-state index is 0.0329. The van der Waals surface area contributed by atoms with Gasteiger partial charge in [-0.3, -0.25) is 4.79 Å². The Morgan fingerprint density at radius 2 is 2.19 bits per heavy atom. The zero-order valence-electron chi connectivity index (χ0n) is 15.3. The van der Waals surface area contributed by atoms with Gasteiger partial charge < -0.3 is 14.4 Å². The zero-order valence-corrected chi connectivity index (χ0v) is 16.1. The van der Waals surface area contributed by atoms with Crippen molar-refractivity contribution in [1.29, 1.82) is 0 Å². The molecular weight excluding hydrogens is 350 g/mol. The first-order valence-electron chi connectivity index (χ1n) is 9.84. The van der Waals surface area contributed by atoms with Crippen LogP contribution in [0.5, 0.6) is 0 Å². The Morgan fingerprint density at radius 3 is 2.96 bits per heavy atom. The quantitative estimate of drug-likeness (QED) is 0.735. The molecule has 26 heavy (non-hydrogen) atoms. The van der Waals surface area contributed by atoms with Crippen LogP contribution >= 0.6 is 11.6 Å². The number of hydrogen-bond acceptors (Lipinski definition) is 3. The Labute approximate surface area is 160 Å². The van der Waals surface area contributed by atoms with Crippen molar-refractivity contribution < 1.29 is 14.3 Å². The van der Waals surface area contributed by atoms with Crippen molar-refractivity contribution in [3.8, 4) is 0 Å². The number of carbonyl (C=O) groups excluding carboxylic acids is 1. The van der Waals surface area contributed by atoms with Crippen LogP contribution < -0.4 is 0 Å². The van der Waals surface area contributed by atoms with Crippen LogP contribution in [-0.4, -0.2) is 42.0 Å². The summed E-state index contributed by atoms with van der Waals surface area (Å²) in [7, 11) is 0. The molecular formula is C21H28ClNO3. The fourth-order valence-corrected chi connectivity index (χ4v) is 4.88. The van der Waals surface area contributed by atoms with Crippen LogP contribution in [0.2, 0.25) is 0 Å². The number of hydrogen-bond donors (Lipinski definition) is 0. The highest BCUT2D eigenvalue weighted by molar-refractivity contribution is 6.27. The Bertz CT molecular complexity index is 659. The maximum absolute atomic E-state index is 12.5. The molecule has 4 rings (SSSR count). The molecule has 1 atom stereocenters. The van der Waals surface area contributed by atoms with E-state index in [-0.39, 0.29) is 17.4 Å². The molecule has 1 saturated heterocycles. The Morgan fingerprint density at radius 1 is 1.31 bits per heavy atom. The third kappa shape index (κ3) is 3.78. The SMILES string of the molecule is O=C(CCl)N(Cc1cccc2c1CCOC2)CC1CCOC2(CCC2)C1. The summed E-state index contributed by atoms with van der Waals surface area (Å²) >= 11 is 5.93. The highest BCUT2D eigenvalue weighted by Gasteiger charge is 2.43. The third-order valence-corrected chi connectivity index (χ3v) is 6.52. The van der Waals surface area contributed by atoms with E-state index in [1.165, 1.54) is 36.0 Å². The number of fused-ring (bicyclic) bond motifs is 1. The second kappa shape index (κ2) is 7.87. The molecule has 2 heterocycles. The van der Waals surface area contributed by atoms with Crippen LogP contribution in [0.4, 0.5) is 0 Å². The minimum Gasteiger partial charge on any atom is -0.376 e. The molecule has 1 unspecified atom stereocenters. The Hall–Kier alpha value is -1.10. The van der Waals surface area contributed by atoms with E-state index in [9.17, 15) is 4.79 Å². The molecule has 1 saturated carbocycles. The lowest BCUT2D eigenvalue weighted by atomic mass is 9.72. The lowest BCUT2D eigenvalue weighted by molar-refractivity contribution is -0.149. The summed E-state index contributed by atoms with van der Waals surface area (Å²) in [6.07, 6.45) is 6.68. The minimum atomic E-state index is 0.0329. The number of benzene rings is 1. The number of carbonyl (C=O) groups is 1. The van der Waals surface area contributed by atoms with E-state index in [4.69, 9.17) is 21.1 Å². The van der Waals surface area contributed by atoms with E-state index < -0.39 is 0 Å². The second-order valence-electron chi connectivity index (χ2n) is 8.01. The van der Waals surface area contributed by atoms with Crippen LogP contribution in [0.3, 0.4) is 0 Å². The van der Waals surface area contributed by atoms with Gasteiger partial charge in [-0.25, -0.2) is 0 Å². The monoisotopic (exact) mass is 377 g/mol. The van der Waals surface area contributed by atoms with Gasteiger partial charge in [0.05, 0.1) is 18.8 Å². The topological polar surface area (TPSA) is 38.8 Å². The molecule has 4 nitrogen and oxygen atoms in total. The van der Waals surface area contributed by atoms with Crippen molar-refractivity contribution in [3.05, 3.63) is 34.9 Å². The van der Waals surface area contributed by atoms with Crippen LogP contribution in [-0.2, 0) is 33.8 Å². The summed E-state index contributed by atoms with van der Waals surface area (Å²) < 4.78 is 11.6. The summed E-state index contributed by atoms with van der Waals surface area (Å²) in [5, 5.41) is 0. The van der Waals surface area contributed by atoms with Crippen molar-refractivity contribution >= 4 is 17.5 Å². The molecule has 0 aromatic heterocycles. The third-order valence-electron chi connectivity index (χ3n) is 6.29. The Balaban J connectivity index is 1.48.